The van der Waals surface area contributed by atoms with E-state index in [-0.39, 0.29) is 12.5 Å². The lowest BCUT2D eigenvalue weighted by atomic mass is 10.2. The van der Waals surface area contributed by atoms with Gasteiger partial charge in [0, 0.05) is 32.7 Å². The van der Waals surface area contributed by atoms with Crippen molar-refractivity contribution in [3.8, 4) is 11.8 Å². The van der Waals surface area contributed by atoms with Gasteiger partial charge in [0.25, 0.3) is 5.91 Å². The number of carbonyl (C=O) groups excluding carboxylic acids is 1. The Morgan fingerprint density at radius 2 is 1.85 bits per heavy atom. The number of piperazine rings is 1. The Hall–Kier alpha value is -2.55. The minimum atomic E-state index is -0.0513. The van der Waals surface area contributed by atoms with E-state index in [9.17, 15) is 4.79 Å². The molecule has 1 heterocycles. The lowest BCUT2D eigenvalue weighted by Crippen LogP contribution is -2.49. The summed E-state index contributed by atoms with van der Waals surface area (Å²) < 4.78 is 5.53. The fourth-order valence-corrected chi connectivity index (χ4v) is 3.15. The fraction of sp³-hybridized carbons (Fsp3) is 0.300. The highest BCUT2D eigenvalue weighted by atomic mass is 35.5. The monoisotopic (exact) mass is 369 g/mol. The van der Waals surface area contributed by atoms with Gasteiger partial charge in [-0.2, -0.15) is 5.26 Å². The molecular formula is C20H20ClN3O2. The third-order valence-corrected chi connectivity index (χ3v) is 4.68. The van der Waals surface area contributed by atoms with Gasteiger partial charge in [-0.1, -0.05) is 41.9 Å². The first-order chi connectivity index (χ1) is 12.7. The van der Waals surface area contributed by atoms with Crippen LogP contribution in [0.5, 0.6) is 5.75 Å². The SMILES string of the molecule is N#Cc1ccc(OCC(=O)N2CCN(Cc3ccccc3)CC2)c(Cl)c1. The molecule has 0 atom stereocenters. The molecule has 6 heteroatoms. The second-order valence-corrected chi connectivity index (χ2v) is 6.60. The van der Waals surface area contributed by atoms with Crippen molar-refractivity contribution in [3.05, 3.63) is 64.7 Å². The van der Waals surface area contributed by atoms with Crippen molar-refractivity contribution >= 4 is 17.5 Å². The number of carbonyl (C=O) groups is 1. The van der Waals surface area contributed by atoms with E-state index in [0.29, 0.717) is 29.4 Å². The molecule has 0 saturated carbocycles. The van der Waals surface area contributed by atoms with E-state index >= 15 is 0 Å². The lowest BCUT2D eigenvalue weighted by Gasteiger charge is -2.34. The summed E-state index contributed by atoms with van der Waals surface area (Å²) in [5.41, 5.74) is 1.74. The van der Waals surface area contributed by atoms with Gasteiger partial charge in [0.1, 0.15) is 5.75 Å². The maximum Gasteiger partial charge on any atom is 0.260 e. The van der Waals surface area contributed by atoms with Gasteiger partial charge in [0.2, 0.25) is 0 Å². The number of hydrogen-bond acceptors (Lipinski definition) is 4. The largest absolute Gasteiger partial charge is 0.482 e. The van der Waals surface area contributed by atoms with Gasteiger partial charge >= 0.3 is 0 Å². The lowest BCUT2D eigenvalue weighted by molar-refractivity contribution is -0.135. The summed E-state index contributed by atoms with van der Waals surface area (Å²) in [6, 6.07) is 17.1. The summed E-state index contributed by atoms with van der Waals surface area (Å²) in [5.74, 6) is 0.367. The number of rotatable bonds is 5. The Balaban J connectivity index is 1.46. The normalized spacial score (nSPS) is 14.7. The Morgan fingerprint density at radius 3 is 2.50 bits per heavy atom. The summed E-state index contributed by atoms with van der Waals surface area (Å²) in [4.78, 5) is 16.5. The van der Waals surface area contributed by atoms with E-state index in [4.69, 9.17) is 21.6 Å². The second-order valence-electron chi connectivity index (χ2n) is 6.19. The van der Waals surface area contributed by atoms with Gasteiger partial charge in [-0.3, -0.25) is 9.69 Å². The van der Waals surface area contributed by atoms with Crippen molar-refractivity contribution in [1.29, 1.82) is 5.26 Å². The van der Waals surface area contributed by atoms with Crippen LogP contribution < -0.4 is 4.74 Å². The average Bonchev–Trinajstić information content (AvgIpc) is 2.68. The minimum Gasteiger partial charge on any atom is -0.482 e. The molecule has 26 heavy (non-hydrogen) atoms. The summed E-state index contributed by atoms with van der Waals surface area (Å²) in [6.45, 7) is 3.92. The van der Waals surface area contributed by atoms with Crippen molar-refractivity contribution in [3.63, 3.8) is 0 Å². The highest BCUT2D eigenvalue weighted by Crippen LogP contribution is 2.25. The van der Waals surface area contributed by atoms with Crippen LogP contribution >= 0.6 is 11.6 Å². The zero-order chi connectivity index (χ0) is 18.4. The zero-order valence-corrected chi connectivity index (χ0v) is 15.2. The quantitative estimate of drug-likeness (QED) is 0.813. The third kappa shape index (κ3) is 4.75. The molecule has 2 aromatic carbocycles. The molecule has 3 rings (SSSR count). The van der Waals surface area contributed by atoms with E-state index in [2.05, 4.69) is 17.0 Å². The van der Waals surface area contributed by atoms with Crippen LogP contribution in [0, 0.1) is 11.3 Å². The molecule has 134 valence electrons. The molecule has 0 spiro atoms. The van der Waals surface area contributed by atoms with Crippen LogP contribution in [0.2, 0.25) is 5.02 Å². The highest BCUT2D eigenvalue weighted by Gasteiger charge is 2.21. The average molecular weight is 370 g/mol. The van der Waals surface area contributed by atoms with Crippen molar-refractivity contribution < 1.29 is 9.53 Å². The highest BCUT2D eigenvalue weighted by molar-refractivity contribution is 6.32. The number of halogens is 1. The predicted octanol–water partition coefficient (Wildman–Crippen LogP) is 2.93. The zero-order valence-electron chi connectivity index (χ0n) is 14.4. The molecule has 0 aromatic heterocycles. The van der Waals surface area contributed by atoms with E-state index in [1.165, 1.54) is 11.6 Å². The number of nitriles is 1. The molecule has 1 aliphatic heterocycles. The summed E-state index contributed by atoms with van der Waals surface area (Å²) in [6.07, 6.45) is 0. The predicted molar refractivity (Wildman–Crippen MR) is 100.0 cm³/mol. The van der Waals surface area contributed by atoms with E-state index < -0.39 is 0 Å². The van der Waals surface area contributed by atoms with Gasteiger partial charge in [-0.05, 0) is 23.8 Å². The van der Waals surface area contributed by atoms with E-state index in [0.717, 1.165) is 19.6 Å². The van der Waals surface area contributed by atoms with Crippen LogP contribution in [0.15, 0.2) is 48.5 Å². The molecule has 2 aromatic rings. The molecule has 0 aliphatic carbocycles. The maximum atomic E-state index is 12.4. The van der Waals surface area contributed by atoms with Gasteiger partial charge in [0.15, 0.2) is 6.61 Å². The molecule has 0 radical (unpaired) electrons. The molecule has 1 aliphatic rings. The number of nitrogens with zero attached hydrogens (tertiary/aromatic N) is 3. The van der Waals surface area contributed by atoms with Crippen molar-refractivity contribution in [2.24, 2.45) is 0 Å². The Kier molecular flexibility index (Phi) is 6.11. The standard InChI is InChI=1S/C20H20ClN3O2/c21-18-12-17(13-22)6-7-19(18)26-15-20(25)24-10-8-23(9-11-24)14-16-4-2-1-3-5-16/h1-7,12H,8-11,14-15H2. The Bertz CT molecular complexity index is 796. The molecule has 0 N–H and O–H groups in total. The van der Waals surface area contributed by atoms with Gasteiger partial charge < -0.3 is 9.64 Å². The number of ether oxygens (including phenoxy) is 1. The van der Waals surface area contributed by atoms with Gasteiger partial charge in [0.05, 0.1) is 16.7 Å². The van der Waals surface area contributed by atoms with Gasteiger partial charge in [-0.25, -0.2) is 0 Å². The van der Waals surface area contributed by atoms with Crippen molar-refractivity contribution in [1.82, 2.24) is 9.80 Å². The number of benzene rings is 2. The van der Waals surface area contributed by atoms with Gasteiger partial charge in [-0.15, -0.1) is 0 Å². The van der Waals surface area contributed by atoms with Crippen LogP contribution in [0.3, 0.4) is 0 Å². The minimum absolute atomic E-state index is 0.0511. The third-order valence-electron chi connectivity index (χ3n) is 4.39. The van der Waals surface area contributed by atoms with Crippen LogP contribution in [0.25, 0.3) is 0 Å². The molecule has 1 amide bonds. The van der Waals surface area contributed by atoms with E-state index in [1.54, 1.807) is 12.1 Å². The molecule has 1 saturated heterocycles. The summed E-state index contributed by atoms with van der Waals surface area (Å²) >= 11 is 6.07. The number of amides is 1. The molecule has 5 nitrogen and oxygen atoms in total. The van der Waals surface area contributed by atoms with Crippen LogP contribution in [0.4, 0.5) is 0 Å². The van der Waals surface area contributed by atoms with E-state index in [1.807, 2.05) is 29.2 Å². The molecule has 1 fully saturated rings. The van der Waals surface area contributed by atoms with Crippen LogP contribution in [0.1, 0.15) is 11.1 Å². The fourth-order valence-electron chi connectivity index (χ4n) is 2.92. The summed E-state index contributed by atoms with van der Waals surface area (Å²) in [7, 11) is 0. The topological polar surface area (TPSA) is 56.6 Å². The van der Waals surface area contributed by atoms with Crippen molar-refractivity contribution in [2.45, 2.75) is 6.54 Å². The Morgan fingerprint density at radius 1 is 1.12 bits per heavy atom. The maximum absolute atomic E-state index is 12.4. The molecule has 0 bridgehead atoms. The van der Waals surface area contributed by atoms with Crippen LogP contribution in [-0.2, 0) is 11.3 Å². The molecule has 0 unspecified atom stereocenters. The first-order valence-electron chi connectivity index (χ1n) is 8.52. The number of hydrogen-bond donors (Lipinski definition) is 0. The summed E-state index contributed by atoms with van der Waals surface area (Å²) in [5, 5.41) is 9.18. The first kappa shape index (κ1) is 18.2. The smallest absolute Gasteiger partial charge is 0.260 e. The Labute approximate surface area is 158 Å². The van der Waals surface area contributed by atoms with Crippen LogP contribution in [-0.4, -0.2) is 48.5 Å². The van der Waals surface area contributed by atoms with Crippen molar-refractivity contribution in [2.75, 3.05) is 32.8 Å². The first-order valence-corrected chi connectivity index (χ1v) is 8.90. The molecular weight excluding hydrogens is 350 g/mol. The second kappa shape index (κ2) is 8.70.